The Morgan fingerprint density at radius 2 is 1.88 bits per heavy atom. The summed E-state index contributed by atoms with van der Waals surface area (Å²) in [6.07, 6.45) is 0.0546. The van der Waals surface area contributed by atoms with E-state index in [9.17, 15) is 8.42 Å². The van der Waals surface area contributed by atoms with Crippen LogP contribution in [0.2, 0.25) is 0 Å². The van der Waals surface area contributed by atoms with Crippen molar-refractivity contribution in [2.75, 3.05) is 39.5 Å². The third-order valence-electron chi connectivity index (χ3n) is 4.13. The molecule has 0 fully saturated rings. The summed E-state index contributed by atoms with van der Waals surface area (Å²) in [5.74, 6) is 1.47. The Balaban J connectivity index is 0.000000412. The maximum atomic E-state index is 10.8. The molecule has 152 valence electrons. The fourth-order valence-corrected chi connectivity index (χ4v) is 3.29. The number of thiophene rings is 1. The standard InChI is InChI=1S/C11H16O6S2.C6H15N/c1-8(19(12,13)14)2-3-15-4-9-5-16-10-6-18-7-11(10)17-9;1-4-7(5-2)6-3/h6-9H,2-5H2,1H3,(H,12,13,14);4-6H2,1-3H3. The van der Waals surface area contributed by atoms with Crippen molar-refractivity contribution in [1.82, 2.24) is 4.90 Å². The zero-order chi connectivity index (χ0) is 19.6. The molecular formula is C17H31NO6S2. The van der Waals surface area contributed by atoms with Gasteiger partial charge in [0.25, 0.3) is 10.1 Å². The van der Waals surface area contributed by atoms with Crippen LogP contribution in [-0.4, -0.2) is 68.7 Å². The molecule has 2 unspecified atom stereocenters. The van der Waals surface area contributed by atoms with Gasteiger partial charge in [0, 0.05) is 17.4 Å². The average molecular weight is 410 g/mol. The Hall–Kier alpha value is -0.870. The van der Waals surface area contributed by atoms with Crippen molar-refractivity contribution in [3.05, 3.63) is 10.8 Å². The molecule has 1 aromatic heterocycles. The first-order chi connectivity index (χ1) is 12.3. The lowest BCUT2D eigenvalue weighted by Gasteiger charge is -2.24. The van der Waals surface area contributed by atoms with Crippen LogP contribution in [0.4, 0.5) is 0 Å². The molecule has 0 bridgehead atoms. The highest BCUT2D eigenvalue weighted by Gasteiger charge is 2.22. The summed E-state index contributed by atoms with van der Waals surface area (Å²) in [6.45, 7) is 12.6. The number of rotatable bonds is 9. The topological polar surface area (TPSA) is 85.3 Å². The Labute approximate surface area is 161 Å². The van der Waals surface area contributed by atoms with E-state index in [1.807, 2.05) is 10.8 Å². The minimum atomic E-state index is -3.98. The van der Waals surface area contributed by atoms with Crippen molar-refractivity contribution >= 4 is 21.5 Å². The average Bonchev–Trinajstić information content (AvgIpc) is 3.07. The van der Waals surface area contributed by atoms with Crippen molar-refractivity contribution in [2.45, 2.75) is 45.5 Å². The quantitative estimate of drug-likeness (QED) is 0.496. The lowest BCUT2D eigenvalue weighted by atomic mass is 10.3. The van der Waals surface area contributed by atoms with Gasteiger partial charge in [-0.2, -0.15) is 8.42 Å². The van der Waals surface area contributed by atoms with Crippen LogP contribution in [0.5, 0.6) is 11.5 Å². The van der Waals surface area contributed by atoms with Crippen LogP contribution >= 0.6 is 11.3 Å². The summed E-state index contributed by atoms with van der Waals surface area (Å²) in [7, 11) is -3.98. The lowest BCUT2D eigenvalue weighted by molar-refractivity contribution is 0.00880. The van der Waals surface area contributed by atoms with Gasteiger partial charge in [0.2, 0.25) is 0 Å². The van der Waals surface area contributed by atoms with E-state index in [1.54, 1.807) is 0 Å². The summed E-state index contributed by atoms with van der Waals surface area (Å²) in [6, 6.07) is 0. The molecule has 2 atom stereocenters. The maximum Gasteiger partial charge on any atom is 0.267 e. The molecule has 1 aliphatic heterocycles. The second-order valence-electron chi connectivity index (χ2n) is 5.96. The van der Waals surface area contributed by atoms with E-state index < -0.39 is 15.4 Å². The molecule has 0 saturated heterocycles. The van der Waals surface area contributed by atoms with Gasteiger partial charge in [-0.15, -0.1) is 11.3 Å². The summed E-state index contributed by atoms with van der Waals surface area (Å²) in [5, 5.41) is 2.92. The molecule has 0 spiro atoms. The predicted octanol–water partition coefficient (Wildman–Crippen LogP) is 2.92. The summed E-state index contributed by atoms with van der Waals surface area (Å²) < 4.78 is 46.8. The maximum absolute atomic E-state index is 10.8. The number of nitrogens with zero attached hydrogens (tertiary/aromatic N) is 1. The molecule has 0 saturated carbocycles. The van der Waals surface area contributed by atoms with E-state index in [0.717, 1.165) is 11.5 Å². The van der Waals surface area contributed by atoms with Gasteiger partial charge in [0.05, 0.1) is 11.9 Å². The number of ether oxygens (including phenoxy) is 3. The summed E-state index contributed by atoms with van der Waals surface area (Å²) in [4.78, 5) is 2.38. The van der Waals surface area contributed by atoms with Crippen LogP contribution in [0.3, 0.4) is 0 Å². The van der Waals surface area contributed by atoms with Gasteiger partial charge in [-0.25, -0.2) is 0 Å². The van der Waals surface area contributed by atoms with Gasteiger partial charge in [-0.3, -0.25) is 4.55 Å². The predicted molar refractivity (Wildman–Crippen MR) is 104 cm³/mol. The van der Waals surface area contributed by atoms with Gasteiger partial charge in [0.15, 0.2) is 17.6 Å². The first kappa shape index (κ1) is 23.2. The molecule has 0 aliphatic carbocycles. The molecule has 1 aliphatic rings. The van der Waals surface area contributed by atoms with Gasteiger partial charge in [-0.1, -0.05) is 20.8 Å². The van der Waals surface area contributed by atoms with E-state index in [1.165, 1.54) is 37.9 Å². The highest BCUT2D eigenvalue weighted by Crippen LogP contribution is 2.35. The zero-order valence-corrected chi connectivity index (χ0v) is 17.6. The number of hydrogen-bond donors (Lipinski definition) is 1. The fraction of sp³-hybridized carbons (Fsp3) is 0.765. The monoisotopic (exact) mass is 409 g/mol. The van der Waals surface area contributed by atoms with Crippen molar-refractivity contribution in [3.63, 3.8) is 0 Å². The molecule has 0 amide bonds. The molecule has 1 N–H and O–H groups in total. The van der Waals surface area contributed by atoms with E-state index in [2.05, 4.69) is 25.7 Å². The first-order valence-corrected chi connectivity index (χ1v) is 11.4. The van der Waals surface area contributed by atoms with Crippen LogP contribution in [0.1, 0.15) is 34.1 Å². The van der Waals surface area contributed by atoms with Gasteiger partial charge in [-0.05, 0) is 33.0 Å². The van der Waals surface area contributed by atoms with E-state index in [-0.39, 0.29) is 19.1 Å². The van der Waals surface area contributed by atoms with Crippen molar-refractivity contribution in [2.24, 2.45) is 0 Å². The van der Waals surface area contributed by atoms with Crippen LogP contribution in [0, 0.1) is 0 Å². The van der Waals surface area contributed by atoms with Crippen LogP contribution < -0.4 is 9.47 Å². The largest absolute Gasteiger partial charge is 0.485 e. The molecule has 2 heterocycles. The normalized spacial score (nSPS) is 17.5. The van der Waals surface area contributed by atoms with Gasteiger partial charge in [0.1, 0.15) is 6.61 Å². The minimum absolute atomic E-state index is 0.192. The highest BCUT2D eigenvalue weighted by molar-refractivity contribution is 7.86. The molecule has 26 heavy (non-hydrogen) atoms. The van der Waals surface area contributed by atoms with Crippen LogP contribution in [0.15, 0.2) is 10.8 Å². The molecule has 0 aromatic carbocycles. The van der Waals surface area contributed by atoms with Gasteiger partial charge >= 0.3 is 0 Å². The molecule has 2 rings (SSSR count). The SMILES string of the molecule is CC(CCOCC1COc2cscc2O1)S(=O)(=O)O.CCN(CC)CC. The molecule has 1 aromatic rings. The first-order valence-electron chi connectivity index (χ1n) is 8.93. The fourth-order valence-electron chi connectivity index (χ4n) is 2.23. The zero-order valence-electron chi connectivity index (χ0n) is 16.0. The van der Waals surface area contributed by atoms with Crippen LogP contribution in [0.25, 0.3) is 0 Å². The van der Waals surface area contributed by atoms with Gasteiger partial charge < -0.3 is 19.1 Å². The minimum Gasteiger partial charge on any atom is -0.485 e. The van der Waals surface area contributed by atoms with E-state index in [4.69, 9.17) is 18.8 Å². The Morgan fingerprint density at radius 1 is 1.27 bits per heavy atom. The molecule has 7 nitrogen and oxygen atoms in total. The third-order valence-corrected chi connectivity index (χ3v) is 6.09. The van der Waals surface area contributed by atoms with Crippen molar-refractivity contribution < 1.29 is 27.2 Å². The highest BCUT2D eigenvalue weighted by atomic mass is 32.2. The smallest absolute Gasteiger partial charge is 0.267 e. The molecule has 9 heteroatoms. The summed E-state index contributed by atoms with van der Waals surface area (Å²) in [5.41, 5.74) is 0. The number of hydrogen-bond acceptors (Lipinski definition) is 7. The Kier molecular flexibility index (Phi) is 10.5. The molecule has 0 radical (unpaired) electrons. The Morgan fingerprint density at radius 3 is 2.42 bits per heavy atom. The molecular weight excluding hydrogens is 378 g/mol. The van der Waals surface area contributed by atoms with E-state index in [0.29, 0.717) is 13.2 Å². The second kappa shape index (κ2) is 11.8. The Bertz CT molecular complexity index is 595. The number of fused-ring (bicyclic) bond motifs is 1. The lowest BCUT2D eigenvalue weighted by Crippen LogP contribution is -2.33. The third kappa shape index (κ3) is 8.22. The van der Waals surface area contributed by atoms with Crippen molar-refractivity contribution in [3.8, 4) is 11.5 Å². The van der Waals surface area contributed by atoms with E-state index >= 15 is 0 Å². The summed E-state index contributed by atoms with van der Waals surface area (Å²) >= 11 is 1.51. The van der Waals surface area contributed by atoms with Crippen LogP contribution in [-0.2, 0) is 14.9 Å². The van der Waals surface area contributed by atoms with Crippen molar-refractivity contribution in [1.29, 1.82) is 0 Å². The second-order valence-corrected chi connectivity index (χ2v) is 8.54.